The molecule has 1 fully saturated rings. The minimum absolute atomic E-state index is 0.206. The van der Waals surface area contributed by atoms with E-state index in [0.29, 0.717) is 28.2 Å². The summed E-state index contributed by atoms with van der Waals surface area (Å²) >= 11 is 11.7. The van der Waals surface area contributed by atoms with Crippen molar-refractivity contribution in [3.8, 4) is 0 Å². The van der Waals surface area contributed by atoms with Crippen LogP contribution >= 0.6 is 23.2 Å². The first-order chi connectivity index (χ1) is 9.54. The molecule has 1 heterocycles. The van der Waals surface area contributed by atoms with Gasteiger partial charge in [0.05, 0.1) is 10.0 Å². The fourth-order valence-corrected chi connectivity index (χ4v) is 2.55. The van der Waals surface area contributed by atoms with Gasteiger partial charge in [-0.3, -0.25) is 0 Å². The summed E-state index contributed by atoms with van der Waals surface area (Å²) in [4.78, 5) is 14.1. The predicted octanol–water partition coefficient (Wildman–Crippen LogP) is 3.46. The van der Waals surface area contributed by atoms with Crippen LogP contribution in [0.5, 0.6) is 0 Å². The molecule has 1 aromatic rings. The van der Waals surface area contributed by atoms with Crippen molar-refractivity contribution in [3.63, 3.8) is 0 Å². The Morgan fingerprint density at radius 3 is 2.65 bits per heavy atom. The molecule has 2 amide bonds. The highest BCUT2D eigenvalue weighted by Crippen LogP contribution is 2.24. The molecule has 0 radical (unpaired) electrons. The highest BCUT2D eigenvalue weighted by atomic mass is 35.5. The van der Waals surface area contributed by atoms with Crippen LogP contribution in [0.2, 0.25) is 10.0 Å². The van der Waals surface area contributed by atoms with E-state index >= 15 is 0 Å². The highest BCUT2D eigenvalue weighted by Gasteiger charge is 2.17. The SMILES string of the molecule is CN1CCC(CNC(=O)Nc2ccc(Cl)c(Cl)c2)CC1. The zero-order valence-corrected chi connectivity index (χ0v) is 13.0. The lowest BCUT2D eigenvalue weighted by molar-refractivity contribution is 0.213. The molecule has 2 N–H and O–H groups in total. The molecule has 2 rings (SSSR count). The summed E-state index contributed by atoms with van der Waals surface area (Å²) in [5.74, 6) is 0.561. The number of benzene rings is 1. The average molecular weight is 316 g/mol. The lowest BCUT2D eigenvalue weighted by atomic mass is 9.97. The maximum absolute atomic E-state index is 11.8. The van der Waals surface area contributed by atoms with Crippen LogP contribution in [-0.4, -0.2) is 37.6 Å². The third-order valence-electron chi connectivity index (χ3n) is 3.57. The maximum Gasteiger partial charge on any atom is 0.319 e. The van der Waals surface area contributed by atoms with E-state index in [1.807, 2.05) is 0 Å². The van der Waals surface area contributed by atoms with E-state index in [1.165, 1.54) is 0 Å². The van der Waals surface area contributed by atoms with Crippen LogP contribution in [0.15, 0.2) is 18.2 Å². The van der Waals surface area contributed by atoms with Crippen molar-refractivity contribution < 1.29 is 4.79 Å². The lowest BCUT2D eigenvalue weighted by Gasteiger charge is -2.28. The number of hydrogen-bond donors (Lipinski definition) is 2. The van der Waals surface area contributed by atoms with E-state index in [1.54, 1.807) is 18.2 Å². The Morgan fingerprint density at radius 2 is 2.00 bits per heavy atom. The molecule has 0 unspecified atom stereocenters. The van der Waals surface area contributed by atoms with Gasteiger partial charge in [0.15, 0.2) is 0 Å². The number of rotatable bonds is 3. The van der Waals surface area contributed by atoms with Gasteiger partial charge in [-0.25, -0.2) is 4.79 Å². The largest absolute Gasteiger partial charge is 0.338 e. The molecular weight excluding hydrogens is 297 g/mol. The quantitative estimate of drug-likeness (QED) is 0.897. The van der Waals surface area contributed by atoms with Crippen molar-refractivity contribution in [1.82, 2.24) is 10.2 Å². The molecule has 4 nitrogen and oxygen atoms in total. The van der Waals surface area contributed by atoms with E-state index in [0.717, 1.165) is 25.9 Å². The van der Waals surface area contributed by atoms with Crippen molar-refractivity contribution >= 4 is 34.9 Å². The number of anilines is 1. The molecule has 20 heavy (non-hydrogen) atoms. The third-order valence-corrected chi connectivity index (χ3v) is 4.31. The van der Waals surface area contributed by atoms with E-state index in [-0.39, 0.29) is 6.03 Å². The zero-order valence-electron chi connectivity index (χ0n) is 11.5. The molecule has 0 atom stereocenters. The van der Waals surface area contributed by atoms with E-state index < -0.39 is 0 Å². The minimum atomic E-state index is -0.206. The Kier molecular flexibility index (Phi) is 5.52. The second kappa shape index (κ2) is 7.16. The molecule has 0 bridgehead atoms. The van der Waals surface area contributed by atoms with Crippen LogP contribution in [0.1, 0.15) is 12.8 Å². The van der Waals surface area contributed by atoms with Crippen molar-refractivity contribution in [2.45, 2.75) is 12.8 Å². The molecule has 0 spiro atoms. The highest BCUT2D eigenvalue weighted by molar-refractivity contribution is 6.42. The zero-order chi connectivity index (χ0) is 14.5. The van der Waals surface area contributed by atoms with Crippen LogP contribution in [0, 0.1) is 5.92 Å². The van der Waals surface area contributed by atoms with Gasteiger partial charge in [-0.15, -0.1) is 0 Å². The van der Waals surface area contributed by atoms with Gasteiger partial charge in [-0.1, -0.05) is 23.2 Å². The van der Waals surface area contributed by atoms with Crippen molar-refractivity contribution in [2.24, 2.45) is 5.92 Å². The molecule has 0 aliphatic carbocycles. The number of urea groups is 1. The van der Waals surface area contributed by atoms with Gasteiger partial charge in [0.1, 0.15) is 0 Å². The molecule has 1 aliphatic rings. The van der Waals surface area contributed by atoms with Gasteiger partial charge in [0.2, 0.25) is 0 Å². The molecule has 0 aromatic heterocycles. The first-order valence-corrected chi connectivity index (χ1v) is 7.48. The number of carbonyl (C=O) groups is 1. The number of carbonyl (C=O) groups excluding carboxylic acids is 1. The fourth-order valence-electron chi connectivity index (χ4n) is 2.25. The number of halogens is 2. The van der Waals surface area contributed by atoms with Gasteiger partial charge in [-0.2, -0.15) is 0 Å². The molecule has 0 saturated carbocycles. The summed E-state index contributed by atoms with van der Waals surface area (Å²) in [6.07, 6.45) is 2.26. The summed E-state index contributed by atoms with van der Waals surface area (Å²) < 4.78 is 0. The summed E-state index contributed by atoms with van der Waals surface area (Å²) in [6.45, 7) is 2.91. The number of nitrogens with one attached hydrogen (secondary N) is 2. The van der Waals surface area contributed by atoms with E-state index in [2.05, 4.69) is 22.6 Å². The third kappa shape index (κ3) is 4.54. The lowest BCUT2D eigenvalue weighted by Crippen LogP contribution is -2.38. The summed E-state index contributed by atoms with van der Waals surface area (Å²) in [6, 6.07) is 4.82. The van der Waals surface area contributed by atoms with Gasteiger partial charge in [0, 0.05) is 12.2 Å². The van der Waals surface area contributed by atoms with Crippen LogP contribution in [-0.2, 0) is 0 Å². The second-order valence-electron chi connectivity index (χ2n) is 5.21. The Morgan fingerprint density at radius 1 is 1.30 bits per heavy atom. The topological polar surface area (TPSA) is 44.4 Å². The fraction of sp³-hybridized carbons (Fsp3) is 0.500. The first kappa shape index (κ1) is 15.4. The monoisotopic (exact) mass is 315 g/mol. The van der Waals surface area contributed by atoms with Gasteiger partial charge in [-0.05, 0) is 57.1 Å². The first-order valence-electron chi connectivity index (χ1n) is 6.73. The Balaban J connectivity index is 1.76. The number of piperidine rings is 1. The summed E-state index contributed by atoms with van der Waals surface area (Å²) in [5, 5.41) is 6.57. The molecule has 1 aliphatic heterocycles. The van der Waals surface area contributed by atoms with Crippen molar-refractivity contribution in [1.29, 1.82) is 0 Å². The number of hydrogen-bond acceptors (Lipinski definition) is 2. The van der Waals surface area contributed by atoms with Gasteiger partial charge >= 0.3 is 6.03 Å². The van der Waals surface area contributed by atoms with E-state index in [4.69, 9.17) is 23.2 Å². The Bertz CT molecular complexity index is 473. The smallest absolute Gasteiger partial charge is 0.319 e. The van der Waals surface area contributed by atoms with E-state index in [9.17, 15) is 4.79 Å². The van der Waals surface area contributed by atoms with Crippen LogP contribution < -0.4 is 10.6 Å². The molecule has 1 aromatic carbocycles. The Labute approximate surface area is 129 Å². The van der Waals surface area contributed by atoms with Gasteiger partial charge < -0.3 is 15.5 Å². The predicted molar refractivity (Wildman–Crippen MR) is 83.7 cm³/mol. The number of amides is 2. The van der Waals surface area contributed by atoms with Crippen LogP contribution in [0.25, 0.3) is 0 Å². The Hall–Kier alpha value is -0.970. The summed E-state index contributed by atoms with van der Waals surface area (Å²) in [5.41, 5.74) is 0.639. The normalized spacial score (nSPS) is 16.9. The molecule has 110 valence electrons. The van der Waals surface area contributed by atoms with Crippen LogP contribution in [0.4, 0.5) is 10.5 Å². The number of nitrogens with zero attached hydrogens (tertiary/aromatic N) is 1. The summed E-state index contributed by atoms with van der Waals surface area (Å²) in [7, 11) is 2.13. The second-order valence-corrected chi connectivity index (χ2v) is 6.02. The number of likely N-dealkylation sites (tertiary alicyclic amines) is 1. The van der Waals surface area contributed by atoms with Crippen molar-refractivity contribution in [2.75, 3.05) is 32.0 Å². The minimum Gasteiger partial charge on any atom is -0.338 e. The molecular formula is C14H19Cl2N3O. The molecule has 1 saturated heterocycles. The average Bonchev–Trinajstić information content (AvgIpc) is 2.42. The van der Waals surface area contributed by atoms with Gasteiger partial charge in [0.25, 0.3) is 0 Å². The maximum atomic E-state index is 11.8. The van der Waals surface area contributed by atoms with Crippen LogP contribution in [0.3, 0.4) is 0 Å². The molecule has 6 heteroatoms. The van der Waals surface area contributed by atoms with Crippen molar-refractivity contribution in [3.05, 3.63) is 28.2 Å². The standard InChI is InChI=1S/C14H19Cl2N3O/c1-19-6-4-10(5-7-19)9-17-14(20)18-11-2-3-12(15)13(16)8-11/h2-3,8,10H,4-7,9H2,1H3,(H2,17,18,20).